The summed E-state index contributed by atoms with van der Waals surface area (Å²) in [6.45, 7) is 3.48. The molecule has 13 heteroatoms. The smallest absolute Gasteiger partial charge is 0.410 e. The number of pyridine rings is 1. The van der Waals surface area contributed by atoms with E-state index in [9.17, 15) is 36.2 Å². The molecule has 2 unspecified atom stereocenters. The number of fused-ring (bicyclic) bond motifs is 5. The summed E-state index contributed by atoms with van der Waals surface area (Å²) in [5, 5.41) is 9.98. The molecule has 3 fully saturated rings. The van der Waals surface area contributed by atoms with Gasteiger partial charge in [0.05, 0.1) is 0 Å². The first-order chi connectivity index (χ1) is 23.8. The lowest BCUT2D eigenvalue weighted by Gasteiger charge is -2.53. The third kappa shape index (κ3) is 7.74. The summed E-state index contributed by atoms with van der Waals surface area (Å²) in [5.74, 6) is -2.63. The van der Waals surface area contributed by atoms with Gasteiger partial charge in [-0.05, 0) is 140 Å². The fourth-order valence-electron chi connectivity index (χ4n) is 9.73. The van der Waals surface area contributed by atoms with Crippen LogP contribution in [-0.2, 0) is 17.2 Å². The average Bonchev–Trinajstić information content (AvgIpc) is 3.44. The van der Waals surface area contributed by atoms with Gasteiger partial charge < -0.3 is 14.8 Å². The summed E-state index contributed by atoms with van der Waals surface area (Å²) in [6.07, 6.45) is 3.34. The molecule has 3 aliphatic carbocycles. The lowest BCUT2D eigenvalue weighted by atomic mass is 9.52. The van der Waals surface area contributed by atoms with Gasteiger partial charge in [0.2, 0.25) is 0 Å². The molecular formula is C37H48F5N3O4S. The summed E-state index contributed by atoms with van der Waals surface area (Å²) in [4.78, 5) is 19.1. The maximum atomic E-state index is 13.3. The molecule has 1 aromatic carbocycles. The molecule has 1 aliphatic heterocycles. The van der Waals surface area contributed by atoms with Crippen molar-refractivity contribution in [2.24, 2.45) is 23.2 Å². The van der Waals surface area contributed by atoms with E-state index in [0.29, 0.717) is 43.0 Å². The molecule has 0 bridgehead atoms. The predicted octanol–water partition coefficient (Wildman–Crippen LogP) is 8.40. The summed E-state index contributed by atoms with van der Waals surface area (Å²) >= 11 is 0. The van der Waals surface area contributed by atoms with Crippen molar-refractivity contribution in [3.05, 3.63) is 59.4 Å². The number of halogens is 5. The number of nitrogens with one attached hydrogen (secondary N) is 1. The third-order valence-electron chi connectivity index (χ3n) is 12.4. The molecule has 2 aromatic rings. The van der Waals surface area contributed by atoms with E-state index in [1.165, 1.54) is 11.1 Å². The monoisotopic (exact) mass is 725 g/mol. The van der Waals surface area contributed by atoms with Crippen LogP contribution < -0.4 is 10.2 Å². The molecule has 2 N–H and O–H groups in total. The molecule has 1 saturated heterocycles. The van der Waals surface area contributed by atoms with Crippen LogP contribution >= 0.6 is 0 Å². The highest BCUT2D eigenvalue weighted by Gasteiger charge is 2.57. The molecule has 1 amide bonds. The van der Waals surface area contributed by atoms with Crippen LogP contribution in [0.3, 0.4) is 0 Å². The van der Waals surface area contributed by atoms with Crippen molar-refractivity contribution in [2.45, 2.75) is 108 Å². The first kappa shape index (κ1) is 37.1. The minimum Gasteiger partial charge on any atom is -0.410 e. The maximum absolute atomic E-state index is 13.3. The van der Waals surface area contributed by atoms with Crippen molar-refractivity contribution in [1.29, 1.82) is 0 Å². The fourth-order valence-corrected chi connectivity index (χ4v) is 10.9. The van der Waals surface area contributed by atoms with E-state index in [0.717, 1.165) is 56.9 Å². The second-order valence-corrected chi connectivity index (χ2v) is 16.8. The number of likely N-dealkylation sites (tertiary alicyclic amines) is 1. The van der Waals surface area contributed by atoms with E-state index < -0.39 is 35.7 Å². The van der Waals surface area contributed by atoms with Crippen LogP contribution in [-0.4, -0.2) is 68.1 Å². The Morgan fingerprint density at radius 2 is 1.76 bits per heavy atom. The summed E-state index contributed by atoms with van der Waals surface area (Å²) < 4.78 is 82.9. The molecule has 4 aliphatic rings. The Morgan fingerprint density at radius 3 is 2.46 bits per heavy atom. The van der Waals surface area contributed by atoms with Gasteiger partial charge in [0, 0.05) is 60.3 Å². The van der Waals surface area contributed by atoms with Gasteiger partial charge >= 0.3 is 18.2 Å². The summed E-state index contributed by atoms with van der Waals surface area (Å²) in [6, 6.07) is 10.0. The standard InChI is InChI=1S/C37H48F5N3O4S/c1-35-15-9-30-29-6-5-28(49-34(46)45-18-12-25(13-19-45)24-10-16-43-17-11-24)23-27(29)22-26(33(30)31(35)7-8-32(35)44-47)4-2-20-50(48)21-3-14-36(38,39)37(40,41)42/h5-6,10-11,16-17,23,25-26,30-33,44,47H,2-4,7-9,12-15,18-22H2,1H3/t26-,30-,31+,32?,33-,35+,50?/m1/s1. The number of benzene rings is 1. The number of hydrogen-bond donors (Lipinski definition) is 2. The van der Waals surface area contributed by atoms with E-state index in [1.54, 1.807) is 17.3 Å². The van der Waals surface area contributed by atoms with Crippen LogP contribution in [0.4, 0.5) is 26.7 Å². The topological polar surface area (TPSA) is 91.8 Å². The molecule has 2 heterocycles. The molecule has 7 nitrogen and oxygen atoms in total. The molecule has 2 saturated carbocycles. The van der Waals surface area contributed by atoms with E-state index >= 15 is 0 Å². The number of ether oxygens (including phenoxy) is 1. The fraction of sp³-hybridized carbons (Fsp3) is 0.676. The molecule has 276 valence electrons. The molecular weight excluding hydrogens is 677 g/mol. The molecule has 50 heavy (non-hydrogen) atoms. The number of amides is 1. The molecule has 0 spiro atoms. The van der Waals surface area contributed by atoms with Crippen molar-refractivity contribution >= 4 is 16.9 Å². The first-order valence-electron chi connectivity index (χ1n) is 18.0. The van der Waals surface area contributed by atoms with Crippen molar-refractivity contribution in [2.75, 3.05) is 24.6 Å². The summed E-state index contributed by atoms with van der Waals surface area (Å²) in [7, 11) is -1.50. The van der Waals surface area contributed by atoms with Gasteiger partial charge in [-0.3, -0.25) is 9.19 Å². The van der Waals surface area contributed by atoms with E-state index in [1.807, 2.05) is 24.3 Å². The van der Waals surface area contributed by atoms with Crippen LogP contribution in [0.2, 0.25) is 0 Å². The number of hydroxylamine groups is 1. The molecule has 0 radical (unpaired) electrons. The van der Waals surface area contributed by atoms with Gasteiger partial charge in [0.1, 0.15) is 5.75 Å². The number of nitrogens with zero attached hydrogens (tertiary/aromatic N) is 2. The molecule has 1 aromatic heterocycles. The van der Waals surface area contributed by atoms with Crippen molar-refractivity contribution < 1.29 is 40.9 Å². The number of rotatable bonds is 11. The number of carbonyl (C=O) groups excluding carboxylic acids is 1. The Balaban J connectivity index is 1.11. The maximum Gasteiger partial charge on any atom is 0.453 e. The molecule has 6 rings (SSSR count). The average molecular weight is 726 g/mol. The zero-order chi connectivity index (χ0) is 35.7. The summed E-state index contributed by atoms with van der Waals surface area (Å²) in [5.41, 5.74) is 6.13. The zero-order valence-corrected chi connectivity index (χ0v) is 29.3. The van der Waals surface area contributed by atoms with Gasteiger partial charge in [-0.1, -0.05) is 13.0 Å². The minimum atomic E-state index is -5.60. The Kier molecular flexibility index (Phi) is 11.2. The number of carbonyl (C=O) groups is 1. The highest BCUT2D eigenvalue weighted by molar-refractivity contribution is 7.84. The first-order valence-corrected chi connectivity index (χ1v) is 19.5. The van der Waals surface area contributed by atoms with Gasteiger partial charge in [0.25, 0.3) is 0 Å². The second kappa shape index (κ2) is 15.1. The van der Waals surface area contributed by atoms with Gasteiger partial charge in [0.15, 0.2) is 0 Å². The highest BCUT2D eigenvalue weighted by atomic mass is 32.2. The van der Waals surface area contributed by atoms with Gasteiger partial charge in [-0.25, -0.2) is 10.3 Å². The molecule has 7 atom stereocenters. The van der Waals surface area contributed by atoms with E-state index in [-0.39, 0.29) is 40.9 Å². The van der Waals surface area contributed by atoms with E-state index in [2.05, 4.69) is 23.5 Å². The quantitative estimate of drug-likeness (QED) is 0.179. The second-order valence-electron chi connectivity index (χ2n) is 15.1. The Labute approximate surface area is 293 Å². The number of aromatic nitrogens is 1. The van der Waals surface area contributed by atoms with Crippen LogP contribution in [0.25, 0.3) is 0 Å². The highest BCUT2D eigenvalue weighted by Crippen LogP contribution is 2.62. The van der Waals surface area contributed by atoms with E-state index in [4.69, 9.17) is 4.74 Å². The predicted molar refractivity (Wildman–Crippen MR) is 180 cm³/mol. The van der Waals surface area contributed by atoms with Gasteiger partial charge in [-0.15, -0.1) is 0 Å². The third-order valence-corrected chi connectivity index (χ3v) is 13.9. The normalized spacial score (nSPS) is 29.2. The lowest BCUT2D eigenvalue weighted by molar-refractivity contribution is -0.284. The number of alkyl halides is 5. The van der Waals surface area contributed by atoms with Gasteiger partial charge in [-0.2, -0.15) is 22.0 Å². The van der Waals surface area contributed by atoms with Crippen molar-refractivity contribution in [3.8, 4) is 5.75 Å². The zero-order valence-electron chi connectivity index (χ0n) is 28.5. The minimum absolute atomic E-state index is 0.00869. The Bertz CT molecular complexity index is 1510. The van der Waals surface area contributed by atoms with Crippen LogP contribution in [0.15, 0.2) is 42.7 Å². The SMILES string of the molecule is C[C@]12CC[C@@H]3c4ccc(OC(=O)N5CCC(c6ccncc6)CC5)cc4C[C@@H](CCCS(=O)CCCC(F)(F)C(F)(F)F)[C@H]3[C@@H]1CCC2NO. The Hall–Kier alpha value is -2.64. The number of piperidine rings is 1. The van der Waals surface area contributed by atoms with Crippen LogP contribution in [0.5, 0.6) is 5.75 Å². The van der Waals surface area contributed by atoms with Crippen molar-refractivity contribution in [1.82, 2.24) is 15.4 Å². The Morgan fingerprint density at radius 1 is 1.04 bits per heavy atom. The van der Waals surface area contributed by atoms with Crippen LogP contribution in [0.1, 0.15) is 99.7 Å². The van der Waals surface area contributed by atoms with Crippen molar-refractivity contribution in [3.63, 3.8) is 0 Å². The van der Waals surface area contributed by atoms with Crippen LogP contribution in [0, 0.1) is 23.2 Å². The largest absolute Gasteiger partial charge is 0.453 e. The lowest BCUT2D eigenvalue weighted by Crippen LogP contribution is -2.50. The number of hydrogen-bond acceptors (Lipinski definition) is 6.